The van der Waals surface area contributed by atoms with Crippen molar-refractivity contribution in [3.05, 3.63) is 63.1 Å². The molecule has 0 aliphatic rings. The number of hydrogen-bond donors (Lipinski definition) is 0. The van der Waals surface area contributed by atoms with Crippen molar-refractivity contribution in [1.29, 1.82) is 5.26 Å². The summed E-state index contributed by atoms with van der Waals surface area (Å²) in [5.41, 5.74) is 1.89. The van der Waals surface area contributed by atoms with Crippen molar-refractivity contribution in [1.82, 2.24) is 0 Å². The summed E-state index contributed by atoms with van der Waals surface area (Å²) in [6.45, 7) is 0. The minimum Gasteiger partial charge on any atom is -0.192 e. The van der Waals surface area contributed by atoms with Crippen molar-refractivity contribution in [2.75, 3.05) is 0 Å². The highest BCUT2D eigenvalue weighted by Crippen LogP contribution is 2.30. The molecular weight excluding hydrogens is 330 g/mol. The van der Waals surface area contributed by atoms with Gasteiger partial charge in [-0.05, 0) is 51.8 Å². The van der Waals surface area contributed by atoms with Crippen LogP contribution in [-0.4, -0.2) is 0 Å². The van der Waals surface area contributed by atoms with E-state index in [4.69, 9.17) is 16.9 Å². The summed E-state index contributed by atoms with van der Waals surface area (Å²) in [5.74, 6) is 0.877. The summed E-state index contributed by atoms with van der Waals surface area (Å²) in [6, 6.07) is 15.6. The van der Waals surface area contributed by atoms with E-state index < -0.39 is 0 Å². The second-order valence-corrected chi connectivity index (χ2v) is 5.98. The molecule has 0 atom stereocenters. The molecule has 2 rings (SSSR count). The van der Waals surface area contributed by atoms with Crippen molar-refractivity contribution < 1.29 is 0 Å². The van der Waals surface area contributed by atoms with Gasteiger partial charge in [-0.1, -0.05) is 23.7 Å². The van der Waals surface area contributed by atoms with Gasteiger partial charge < -0.3 is 0 Å². The van der Waals surface area contributed by atoms with Gasteiger partial charge in [-0.2, -0.15) is 5.26 Å². The van der Waals surface area contributed by atoms with Gasteiger partial charge in [0.25, 0.3) is 0 Å². The fourth-order valence-electron chi connectivity index (χ4n) is 1.43. The molecule has 18 heavy (non-hydrogen) atoms. The zero-order valence-corrected chi connectivity index (χ0v) is 12.5. The third-order valence-electron chi connectivity index (χ3n) is 2.37. The molecule has 4 heteroatoms. The van der Waals surface area contributed by atoms with Crippen molar-refractivity contribution >= 4 is 39.3 Å². The van der Waals surface area contributed by atoms with Gasteiger partial charge in [-0.3, -0.25) is 0 Å². The number of rotatable bonds is 3. The molecule has 0 aliphatic carbocycles. The SMILES string of the molecule is N#Cc1ccc(SCc2ccc(Cl)cc2)c(Br)c1. The zero-order valence-electron chi connectivity index (χ0n) is 9.36. The van der Waals surface area contributed by atoms with Crippen LogP contribution in [0.15, 0.2) is 51.8 Å². The Morgan fingerprint density at radius 2 is 1.89 bits per heavy atom. The molecule has 0 heterocycles. The molecule has 0 spiro atoms. The maximum absolute atomic E-state index is 8.80. The van der Waals surface area contributed by atoms with E-state index in [1.54, 1.807) is 11.8 Å². The Bertz CT molecular complexity index is 590. The molecule has 0 aromatic heterocycles. The average molecular weight is 339 g/mol. The average Bonchev–Trinajstić information content (AvgIpc) is 2.39. The summed E-state index contributed by atoms with van der Waals surface area (Å²) in [4.78, 5) is 1.13. The lowest BCUT2D eigenvalue weighted by Gasteiger charge is -2.05. The number of benzene rings is 2. The van der Waals surface area contributed by atoms with Gasteiger partial charge in [-0.15, -0.1) is 11.8 Å². The van der Waals surface area contributed by atoms with E-state index in [0.717, 1.165) is 20.1 Å². The number of nitrogens with zero attached hydrogens (tertiary/aromatic N) is 1. The molecule has 0 bridgehead atoms. The summed E-state index contributed by atoms with van der Waals surface area (Å²) in [6.07, 6.45) is 0. The van der Waals surface area contributed by atoms with Gasteiger partial charge in [0.2, 0.25) is 0 Å². The van der Waals surface area contributed by atoms with Gasteiger partial charge in [0.1, 0.15) is 0 Å². The highest BCUT2D eigenvalue weighted by Gasteiger charge is 2.03. The first kappa shape index (κ1) is 13.5. The zero-order chi connectivity index (χ0) is 13.0. The first-order valence-electron chi connectivity index (χ1n) is 5.26. The first-order valence-corrected chi connectivity index (χ1v) is 7.41. The number of halogens is 2. The Labute approximate surface area is 124 Å². The Hall–Kier alpha value is -0.950. The lowest BCUT2D eigenvalue weighted by Crippen LogP contribution is -1.82. The van der Waals surface area contributed by atoms with Crippen LogP contribution in [-0.2, 0) is 5.75 Å². The molecular formula is C14H9BrClNS. The van der Waals surface area contributed by atoms with Gasteiger partial charge in [0.05, 0.1) is 11.6 Å². The van der Waals surface area contributed by atoms with E-state index in [-0.39, 0.29) is 0 Å². The minimum atomic E-state index is 0.665. The van der Waals surface area contributed by atoms with Crippen LogP contribution in [0, 0.1) is 11.3 Å². The number of hydrogen-bond acceptors (Lipinski definition) is 2. The third kappa shape index (κ3) is 3.52. The van der Waals surface area contributed by atoms with Crippen LogP contribution in [0.1, 0.15) is 11.1 Å². The number of nitriles is 1. The fourth-order valence-corrected chi connectivity index (χ4v) is 3.15. The van der Waals surface area contributed by atoms with E-state index in [1.165, 1.54) is 5.56 Å². The molecule has 0 amide bonds. The topological polar surface area (TPSA) is 23.8 Å². The van der Waals surface area contributed by atoms with Crippen molar-refractivity contribution in [2.24, 2.45) is 0 Å². The van der Waals surface area contributed by atoms with Crippen LogP contribution in [0.2, 0.25) is 5.02 Å². The van der Waals surface area contributed by atoms with Crippen LogP contribution in [0.5, 0.6) is 0 Å². The molecule has 0 aliphatic heterocycles. The van der Waals surface area contributed by atoms with E-state index in [9.17, 15) is 0 Å². The van der Waals surface area contributed by atoms with E-state index in [0.29, 0.717) is 5.56 Å². The molecule has 2 aromatic carbocycles. The Morgan fingerprint density at radius 1 is 1.17 bits per heavy atom. The van der Waals surface area contributed by atoms with Crippen LogP contribution in [0.4, 0.5) is 0 Å². The quantitative estimate of drug-likeness (QED) is 0.712. The smallest absolute Gasteiger partial charge is 0.0992 e. The highest BCUT2D eigenvalue weighted by atomic mass is 79.9. The van der Waals surface area contributed by atoms with E-state index in [1.807, 2.05) is 42.5 Å². The standard InChI is InChI=1S/C14H9BrClNS/c15-13-7-11(8-17)3-6-14(13)18-9-10-1-4-12(16)5-2-10/h1-7H,9H2. The minimum absolute atomic E-state index is 0.665. The first-order chi connectivity index (χ1) is 8.69. The summed E-state index contributed by atoms with van der Waals surface area (Å²) >= 11 is 11.0. The highest BCUT2D eigenvalue weighted by molar-refractivity contribution is 9.10. The summed E-state index contributed by atoms with van der Waals surface area (Å²) in [7, 11) is 0. The molecule has 0 saturated carbocycles. The van der Waals surface area contributed by atoms with Crippen LogP contribution < -0.4 is 0 Å². The van der Waals surface area contributed by atoms with Crippen molar-refractivity contribution in [2.45, 2.75) is 10.6 Å². The summed E-state index contributed by atoms with van der Waals surface area (Å²) < 4.78 is 0.959. The van der Waals surface area contributed by atoms with E-state index in [2.05, 4.69) is 22.0 Å². The molecule has 90 valence electrons. The lowest BCUT2D eigenvalue weighted by molar-refractivity contribution is 1.34. The summed E-state index contributed by atoms with van der Waals surface area (Å²) in [5, 5.41) is 9.55. The second-order valence-electron chi connectivity index (χ2n) is 3.67. The monoisotopic (exact) mass is 337 g/mol. The molecule has 2 aromatic rings. The molecule has 1 nitrogen and oxygen atoms in total. The molecule has 0 N–H and O–H groups in total. The third-order valence-corrected chi connectivity index (χ3v) is 4.68. The lowest BCUT2D eigenvalue weighted by atomic mass is 10.2. The Morgan fingerprint density at radius 3 is 2.50 bits per heavy atom. The van der Waals surface area contributed by atoms with Crippen molar-refractivity contribution in [3.63, 3.8) is 0 Å². The largest absolute Gasteiger partial charge is 0.192 e. The second kappa shape index (κ2) is 6.29. The van der Waals surface area contributed by atoms with Gasteiger partial charge in [-0.25, -0.2) is 0 Å². The molecule has 0 radical (unpaired) electrons. The Balaban J connectivity index is 2.06. The predicted molar refractivity (Wildman–Crippen MR) is 79.9 cm³/mol. The number of thioether (sulfide) groups is 1. The van der Waals surface area contributed by atoms with Gasteiger partial charge in [0, 0.05) is 20.1 Å². The van der Waals surface area contributed by atoms with Crippen LogP contribution in [0.25, 0.3) is 0 Å². The fraction of sp³-hybridized carbons (Fsp3) is 0.0714. The normalized spacial score (nSPS) is 10.1. The predicted octanol–water partition coefficient (Wildman–Crippen LogP) is 5.27. The maximum atomic E-state index is 8.80. The molecule has 0 saturated heterocycles. The van der Waals surface area contributed by atoms with Crippen LogP contribution >= 0.6 is 39.3 Å². The van der Waals surface area contributed by atoms with E-state index >= 15 is 0 Å². The van der Waals surface area contributed by atoms with Gasteiger partial charge in [0.15, 0.2) is 0 Å². The van der Waals surface area contributed by atoms with Gasteiger partial charge >= 0.3 is 0 Å². The molecule has 0 fully saturated rings. The maximum Gasteiger partial charge on any atom is 0.0992 e. The van der Waals surface area contributed by atoms with Crippen LogP contribution in [0.3, 0.4) is 0 Å². The molecule has 0 unspecified atom stereocenters. The Kier molecular flexibility index (Phi) is 4.71. The van der Waals surface area contributed by atoms with Crippen molar-refractivity contribution in [3.8, 4) is 6.07 Å².